The van der Waals surface area contributed by atoms with Gasteiger partial charge >= 0.3 is 0 Å². The highest BCUT2D eigenvalue weighted by Gasteiger charge is 2.15. The van der Waals surface area contributed by atoms with Gasteiger partial charge < -0.3 is 4.90 Å². The Morgan fingerprint density at radius 3 is 2.36 bits per heavy atom. The smallest absolute Gasteiger partial charge is 0.240 e. The van der Waals surface area contributed by atoms with E-state index in [1.54, 1.807) is 26.1 Å². The Kier molecular flexibility index (Phi) is 3.63. The van der Waals surface area contributed by atoms with Crippen LogP contribution in [-0.4, -0.2) is 17.8 Å². The number of carbonyl (C=O) groups excluding carboxylic acids is 1. The zero-order valence-corrected chi connectivity index (χ0v) is 9.58. The molecule has 0 aliphatic carbocycles. The number of rotatable bonds is 2. The summed E-state index contributed by atoms with van der Waals surface area (Å²) in [6, 6.07) is 5.81. The molecule has 0 fully saturated rings. The SMILES string of the molecule is C[C@@H](Br)C(=O)N(C)c1ccc(F)cc1. The molecule has 1 amide bonds. The topological polar surface area (TPSA) is 20.3 Å². The molecule has 0 spiro atoms. The van der Waals surface area contributed by atoms with Gasteiger partial charge in [0.25, 0.3) is 0 Å². The summed E-state index contributed by atoms with van der Waals surface area (Å²) in [5.74, 6) is -0.363. The van der Waals surface area contributed by atoms with E-state index in [-0.39, 0.29) is 16.6 Å². The predicted molar refractivity (Wildman–Crippen MR) is 58.2 cm³/mol. The van der Waals surface area contributed by atoms with Gasteiger partial charge in [0.15, 0.2) is 0 Å². The lowest BCUT2D eigenvalue weighted by molar-refractivity contribution is -0.117. The Morgan fingerprint density at radius 2 is 1.93 bits per heavy atom. The van der Waals surface area contributed by atoms with Gasteiger partial charge in [0.1, 0.15) is 5.82 Å². The summed E-state index contributed by atoms with van der Waals surface area (Å²) in [5.41, 5.74) is 0.683. The molecule has 14 heavy (non-hydrogen) atoms. The lowest BCUT2D eigenvalue weighted by atomic mass is 10.3. The second-order valence-corrected chi connectivity index (χ2v) is 4.36. The number of hydrogen-bond acceptors (Lipinski definition) is 1. The number of nitrogens with zero attached hydrogens (tertiary/aromatic N) is 1. The molecular weight excluding hydrogens is 249 g/mol. The third-order valence-electron chi connectivity index (χ3n) is 1.88. The summed E-state index contributed by atoms with van der Waals surface area (Å²) < 4.78 is 12.6. The molecule has 4 heteroatoms. The lowest BCUT2D eigenvalue weighted by Gasteiger charge is -2.18. The van der Waals surface area contributed by atoms with Crippen molar-refractivity contribution >= 4 is 27.5 Å². The molecule has 76 valence electrons. The normalized spacial score (nSPS) is 12.3. The largest absolute Gasteiger partial charge is 0.315 e. The molecule has 0 bridgehead atoms. The second-order valence-electron chi connectivity index (χ2n) is 2.99. The molecule has 0 aliphatic heterocycles. The van der Waals surface area contributed by atoms with Crippen molar-refractivity contribution < 1.29 is 9.18 Å². The molecule has 0 radical (unpaired) electrons. The molecular formula is C10H11BrFNO. The van der Waals surface area contributed by atoms with Gasteiger partial charge in [0.2, 0.25) is 5.91 Å². The van der Waals surface area contributed by atoms with Gasteiger partial charge in [0.05, 0.1) is 4.83 Å². The van der Waals surface area contributed by atoms with Crippen molar-refractivity contribution in [1.82, 2.24) is 0 Å². The average molecular weight is 260 g/mol. The zero-order valence-electron chi connectivity index (χ0n) is 8.00. The maximum atomic E-state index is 12.6. The van der Waals surface area contributed by atoms with E-state index in [0.717, 1.165) is 0 Å². The number of amides is 1. The molecule has 0 N–H and O–H groups in total. The Balaban J connectivity index is 2.84. The molecule has 0 saturated carbocycles. The van der Waals surface area contributed by atoms with E-state index in [4.69, 9.17) is 0 Å². The van der Waals surface area contributed by atoms with Gasteiger partial charge in [-0.15, -0.1) is 0 Å². The van der Waals surface area contributed by atoms with E-state index in [9.17, 15) is 9.18 Å². The Morgan fingerprint density at radius 1 is 1.43 bits per heavy atom. The Bertz CT molecular complexity index is 323. The van der Waals surface area contributed by atoms with Gasteiger partial charge in [-0.05, 0) is 31.2 Å². The van der Waals surface area contributed by atoms with E-state index in [1.165, 1.54) is 17.0 Å². The molecule has 0 heterocycles. The van der Waals surface area contributed by atoms with Crippen molar-refractivity contribution in [1.29, 1.82) is 0 Å². The van der Waals surface area contributed by atoms with E-state index in [2.05, 4.69) is 15.9 Å². The first-order chi connectivity index (χ1) is 6.52. The van der Waals surface area contributed by atoms with E-state index < -0.39 is 0 Å². The summed E-state index contributed by atoms with van der Waals surface area (Å²) in [6.45, 7) is 1.75. The van der Waals surface area contributed by atoms with E-state index in [1.807, 2.05) is 0 Å². The van der Waals surface area contributed by atoms with Gasteiger partial charge in [-0.1, -0.05) is 15.9 Å². The van der Waals surface area contributed by atoms with Gasteiger partial charge in [-0.2, -0.15) is 0 Å². The van der Waals surface area contributed by atoms with Crippen LogP contribution >= 0.6 is 15.9 Å². The summed E-state index contributed by atoms with van der Waals surface area (Å²) in [7, 11) is 1.66. The average Bonchev–Trinajstić information content (AvgIpc) is 2.16. The second kappa shape index (κ2) is 4.55. The van der Waals surface area contributed by atoms with Crippen molar-refractivity contribution in [3.63, 3.8) is 0 Å². The third-order valence-corrected chi connectivity index (χ3v) is 2.28. The minimum Gasteiger partial charge on any atom is -0.315 e. The van der Waals surface area contributed by atoms with Crippen LogP contribution < -0.4 is 4.90 Å². The van der Waals surface area contributed by atoms with E-state index in [0.29, 0.717) is 5.69 Å². The fourth-order valence-corrected chi connectivity index (χ4v) is 1.37. The van der Waals surface area contributed by atoms with Crippen LogP contribution in [0.4, 0.5) is 10.1 Å². The van der Waals surface area contributed by atoms with Gasteiger partial charge in [-0.3, -0.25) is 4.79 Å². The van der Waals surface area contributed by atoms with E-state index >= 15 is 0 Å². The maximum absolute atomic E-state index is 12.6. The first-order valence-corrected chi connectivity index (χ1v) is 5.11. The lowest BCUT2D eigenvalue weighted by Crippen LogP contribution is -2.31. The van der Waals surface area contributed by atoms with Crippen molar-refractivity contribution in [2.24, 2.45) is 0 Å². The van der Waals surface area contributed by atoms with Crippen molar-refractivity contribution in [2.75, 3.05) is 11.9 Å². The summed E-state index contributed by atoms with van der Waals surface area (Å²) in [5, 5.41) is 0. The highest BCUT2D eigenvalue weighted by molar-refractivity contribution is 9.10. The monoisotopic (exact) mass is 259 g/mol. The highest BCUT2D eigenvalue weighted by atomic mass is 79.9. The molecule has 0 aliphatic rings. The summed E-state index contributed by atoms with van der Waals surface area (Å²) in [6.07, 6.45) is 0. The molecule has 1 aromatic rings. The molecule has 2 nitrogen and oxygen atoms in total. The molecule has 0 saturated heterocycles. The van der Waals surface area contributed by atoms with Crippen molar-refractivity contribution in [2.45, 2.75) is 11.8 Å². The molecule has 1 atom stereocenters. The van der Waals surface area contributed by atoms with Crippen LogP contribution in [0, 0.1) is 5.82 Å². The molecule has 1 aromatic carbocycles. The van der Waals surface area contributed by atoms with Crippen molar-refractivity contribution in [3.05, 3.63) is 30.1 Å². The van der Waals surface area contributed by atoms with Crippen LogP contribution in [0.25, 0.3) is 0 Å². The van der Waals surface area contributed by atoms with Gasteiger partial charge in [-0.25, -0.2) is 4.39 Å². The van der Waals surface area contributed by atoms with Crippen molar-refractivity contribution in [3.8, 4) is 0 Å². The van der Waals surface area contributed by atoms with Crippen LogP contribution in [0.15, 0.2) is 24.3 Å². The fourth-order valence-electron chi connectivity index (χ4n) is 1.06. The first kappa shape index (κ1) is 11.2. The van der Waals surface area contributed by atoms with Gasteiger partial charge in [0, 0.05) is 12.7 Å². The number of anilines is 1. The number of halogens is 2. The minimum atomic E-state index is -0.304. The first-order valence-electron chi connectivity index (χ1n) is 4.19. The standard InChI is InChI=1S/C10H11BrFNO/c1-7(11)10(14)13(2)9-5-3-8(12)4-6-9/h3-7H,1-2H3/t7-/m1/s1. The number of hydrogen-bond donors (Lipinski definition) is 0. The maximum Gasteiger partial charge on any atom is 0.240 e. The van der Waals surface area contributed by atoms with Crippen LogP contribution in [0.3, 0.4) is 0 Å². The number of benzene rings is 1. The molecule has 1 rings (SSSR count). The molecule has 0 unspecified atom stereocenters. The Labute approximate surface area is 90.8 Å². The molecule has 0 aromatic heterocycles. The quantitative estimate of drug-likeness (QED) is 0.748. The van der Waals surface area contributed by atoms with Crippen LogP contribution in [0.2, 0.25) is 0 Å². The fraction of sp³-hybridized carbons (Fsp3) is 0.300. The van der Waals surface area contributed by atoms with Crippen LogP contribution in [0.5, 0.6) is 0 Å². The third kappa shape index (κ3) is 2.54. The minimum absolute atomic E-state index is 0.0587. The number of alkyl halides is 1. The highest BCUT2D eigenvalue weighted by Crippen LogP contribution is 2.15. The number of carbonyl (C=O) groups is 1. The van der Waals surface area contributed by atoms with Crippen LogP contribution in [-0.2, 0) is 4.79 Å². The summed E-state index contributed by atoms with van der Waals surface area (Å²) in [4.78, 5) is 12.8. The van der Waals surface area contributed by atoms with Crippen LogP contribution in [0.1, 0.15) is 6.92 Å². The zero-order chi connectivity index (χ0) is 10.7. The predicted octanol–water partition coefficient (Wildman–Crippen LogP) is 2.57. The summed E-state index contributed by atoms with van der Waals surface area (Å²) >= 11 is 3.19. The Hall–Kier alpha value is -0.900.